The van der Waals surface area contributed by atoms with Crippen molar-refractivity contribution in [3.8, 4) is 11.8 Å². The van der Waals surface area contributed by atoms with E-state index in [1.54, 1.807) is 0 Å². The van der Waals surface area contributed by atoms with E-state index in [0.29, 0.717) is 6.61 Å². The summed E-state index contributed by atoms with van der Waals surface area (Å²) < 4.78 is 13.0. The maximum absolute atomic E-state index is 6.97. The van der Waals surface area contributed by atoms with Crippen molar-refractivity contribution in [2.75, 3.05) is 6.61 Å². The fourth-order valence-electron chi connectivity index (χ4n) is 4.45. The third-order valence-electron chi connectivity index (χ3n) is 6.13. The third-order valence-corrected chi connectivity index (χ3v) is 11.1. The summed E-state index contributed by atoms with van der Waals surface area (Å²) in [4.78, 5) is 0. The average molecular weight is 441 g/mol. The lowest BCUT2D eigenvalue weighted by atomic mass is 10.2. The van der Waals surface area contributed by atoms with Crippen molar-refractivity contribution in [3.63, 3.8) is 0 Å². The van der Waals surface area contributed by atoms with Crippen LogP contribution in [0.15, 0.2) is 91.0 Å². The standard InChI is InChI=1S/C29H32O2Si/c1-29(2,3)32(25-18-9-5-10-19-25,26-20-11-6-12-21-26)30-23-28-27(31-28)22-14-13-17-24-15-7-4-8-16-24/h4-12,15-16,18-21,27-28H,14,22-23H2,1-3H3/t27-,28+/m1/s1. The number of hydrogen-bond donors (Lipinski definition) is 0. The number of benzene rings is 3. The minimum Gasteiger partial charge on any atom is -0.405 e. The van der Waals surface area contributed by atoms with Crippen molar-refractivity contribution < 1.29 is 9.16 Å². The first-order valence-corrected chi connectivity index (χ1v) is 13.4. The second-order valence-electron chi connectivity index (χ2n) is 9.39. The summed E-state index contributed by atoms with van der Waals surface area (Å²) in [6.07, 6.45) is 2.21. The number of ether oxygens (including phenoxy) is 1. The predicted molar refractivity (Wildman–Crippen MR) is 135 cm³/mol. The van der Waals surface area contributed by atoms with E-state index in [0.717, 1.165) is 18.4 Å². The van der Waals surface area contributed by atoms with Crippen LogP contribution in [-0.4, -0.2) is 27.1 Å². The van der Waals surface area contributed by atoms with Gasteiger partial charge in [0.05, 0.1) is 12.7 Å². The molecule has 0 saturated carbocycles. The Labute approximate surface area is 193 Å². The molecule has 0 unspecified atom stereocenters. The predicted octanol–water partition coefficient (Wildman–Crippen LogP) is 5.16. The highest BCUT2D eigenvalue weighted by molar-refractivity contribution is 6.99. The minimum absolute atomic E-state index is 0.0126. The largest absolute Gasteiger partial charge is 0.405 e. The first-order valence-electron chi connectivity index (χ1n) is 11.4. The van der Waals surface area contributed by atoms with Crippen LogP contribution in [0.1, 0.15) is 39.2 Å². The van der Waals surface area contributed by atoms with Crippen LogP contribution < -0.4 is 10.4 Å². The van der Waals surface area contributed by atoms with Gasteiger partial charge >= 0.3 is 0 Å². The summed E-state index contributed by atoms with van der Waals surface area (Å²) in [5, 5.41) is 2.61. The monoisotopic (exact) mass is 440 g/mol. The van der Waals surface area contributed by atoms with Crippen molar-refractivity contribution in [3.05, 3.63) is 96.6 Å². The molecule has 3 aromatic carbocycles. The molecule has 1 fully saturated rings. The van der Waals surface area contributed by atoms with Crippen LogP contribution in [0.3, 0.4) is 0 Å². The Morgan fingerprint density at radius 2 is 1.31 bits per heavy atom. The van der Waals surface area contributed by atoms with Crippen LogP contribution in [0.2, 0.25) is 5.04 Å². The van der Waals surface area contributed by atoms with Crippen LogP contribution in [0, 0.1) is 11.8 Å². The molecule has 0 radical (unpaired) electrons. The van der Waals surface area contributed by atoms with E-state index in [1.165, 1.54) is 10.4 Å². The van der Waals surface area contributed by atoms with Crippen molar-refractivity contribution in [1.82, 2.24) is 0 Å². The molecule has 0 aliphatic carbocycles. The van der Waals surface area contributed by atoms with Gasteiger partial charge in [0.2, 0.25) is 0 Å². The second-order valence-corrected chi connectivity index (χ2v) is 13.7. The highest BCUT2D eigenvalue weighted by Crippen LogP contribution is 2.38. The zero-order chi connectivity index (χ0) is 22.4. The van der Waals surface area contributed by atoms with Gasteiger partial charge in [-0.3, -0.25) is 0 Å². The molecule has 1 heterocycles. The van der Waals surface area contributed by atoms with Gasteiger partial charge in [-0.05, 0) is 34.0 Å². The molecule has 2 nitrogen and oxygen atoms in total. The van der Waals surface area contributed by atoms with Crippen LogP contribution in [-0.2, 0) is 9.16 Å². The Morgan fingerprint density at radius 1 is 0.781 bits per heavy atom. The molecule has 0 bridgehead atoms. The van der Waals surface area contributed by atoms with Gasteiger partial charge in [-0.15, -0.1) is 0 Å². The lowest BCUT2D eigenvalue weighted by molar-refractivity contribution is 0.247. The lowest BCUT2D eigenvalue weighted by Crippen LogP contribution is -2.66. The van der Waals surface area contributed by atoms with Gasteiger partial charge in [0, 0.05) is 12.0 Å². The van der Waals surface area contributed by atoms with E-state index in [1.807, 2.05) is 30.3 Å². The smallest absolute Gasteiger partial charge is 0.261 e. The topological polar surface area (TPSA) is 21.8 Å². The Balaban J connectivity index is 1.45. The first kappa shape index (κ1) is 22.5. The van der Waals surface area contributed by atoms with Gasteiger partial charge in [-0.2, -0.15) is 0 Å². The molecule has 1 saturated heterocycles. The first-order chi connectivity index (χ1) is 15.5. The molecule has 164 valence electrons. The summed E-state index contributed by atoms with van der Waals surface area (Å²) in [5.41, 5.74) is 1.07. The van der Waals surface area contributed by atoms with E-state index in [4.69, 9.17) is 9.16 Å². The molecule has 3 aromatic rings. The maximum atomic E-state index is 6.97. The van der Waals surface area contributed by atoms with Crippen molar-refractivity contribution in [1.29, 1.82) is 0 Å². The zero-order valence-corrected chi connectivity index (χ0v) is 20.3. The van der Waals surface area contributed by atoms with Crippen LogP contribution >= 0.6 is 0 Å². The molecule has 1 aliphatic rings. The summed E-state index contributed by atoms with van der Waals surface area (Å²) in [6, 6.07) is 31.7. The van der Waals surface area contributed by atoms with Gasteiger partial charge in [-0.1, -0.05) is 111 Å². The number of rotatable bonds is 7. The molecule has 4 rings (SSSR count). The van der Waals surface area contributed by atoms with Crippen LogP contribution in [0.25, 0.3) is 0 Å². The Bertz CT molecular complexity index is 1010. The molecule has 32 heavy (non-hydrogen) atoms. The van der Waals surface area contributed by atoms with E-state index < -0.39 is 8.32 Å². The van der Waals surface area contributed by atoms with Gasteiger partial charge in [0.25, 0.3) is 8.32 Å². The third kappa shape index (κ3) is 5.05. The lowest BCUT2D eigenvalue weighted by Gasteiger charge is -2.43. The maximum Gasteiger partial charge on any atom is 0.261 e. The molecule has 3 heteroatoms. The van der Waals surface area contributed by atoms with E-state index in [-0.39, 0.29) is 17.2 Å². The van der Waals surface area contributed by atoms with Crippen LogP contribution in [0.5, 0.6) is 0 Å². The molecule has 0 N–H and O–H groups in total. The molecule has 1 aliphatic heterocycles. The van der Waals surface area contributed by atoms with E-state index in [2.05, 4.69) is 93.3 Å². The Hall–Kier alpha value is -2.64. The normalized spacial score (nSPS) is 18.0. The molecule has 0 spiro atoms. The second kappa shape index (κ2) is 9.88. The average Bonchev–Trinajstić information content (AvgIpc) is 3.57. The Morgan fingerprint density at radius 3 is 1.84 bits per heavy atom. The quantitative estimate of drug-likeness (QED) is 0.287. The fourth-order valence-corrected chi connectivity index (χ4v) is 9.02. The SMILES string of the molecule is CC(C)(C)[Si](OC[C@@H]1O[C@@H]1CCC#Cc1ccccc1)(c1ccccc1)c1ccccc1. The van der Waals surface area contributed by atoms with Crippen molar-refractivity contribution >= 4 is 18.7 Å². The van der Waals surface area contributed by atoms with Crippen LogP contribution in [0.4, 0.5) is 0 Å². The molecule has 0 amide bonds. The van der Waals surface area contributed by atoms with E-state index >= 15 is 0 Å². The fraction of sp³-hybridized carbons (Fsp3) is 0.310. The molecule has 2 atom stereocenters. The summed E-state index contributed by atoms with van der Waals surface area (Å²) in [6.45, 7) is 7.56. The molecule has 0 aromatic heterocycles. The van der Waals surface area contributed by atoms with Gasteiger partial charge in [-0.25, -0.2) is 0 Å². The minimum atomic E-state index is -2.49. The highest BCUT2D eigenvalue weighted by atomic mass is 28.4. The Kier molecular flexibility index (Phi) is 6.96. The number of epoxide rings is 1. The van der Waals surface area contributed by atoms with Gasteiger partial charge in [0.15, 0.2) is 0 Å². The molecular weight excluding hydrogens is 408 g/mol. The van der Waals surface area contributed by atoms with Crippen molar-refractivity contribution in [2.24, 2.45) is 0 Å². The van der Waals surface area contributed by atoms with E-state index in [9.17, 15) is 0 Å². The summed E-state index contributed by atoms with van der Waals surface area (Å²) in [5.74, 6) is 6.51. The zero-order valence-electron chi connectivity index (χ0n) is 19.3. The summed E-state index contributed by atoms with van der Waals surface area (Å²) >= 11 is 0. The molecular formula is C29H32O2Si. The van der Waals surface area contributed by atoms with Gasteiger partial charge in [0.1, 0.15) is 6.10 Å². The summed E-state index contributed by atoms with van der Waals surface area (Å²) in [7, 11) is -2.49. The highest BCUT2D eigenvalue weighted by Gasteiger charge is 2.51. The van der Waals surface area contributed by atoms with Gasteiger partial charge < -0.3 is 9.16 Å². The van der Waals surface area contributed by atoms with Crippen molar-refractivity contribution in [2.45, 2.75) is 50.9 Å². The number of hydrogen-bond acceptors (Lipinski definition) is 2.